The maximum Gasteiger partial charge on any atom is 0.341 e. The molecule has 0 bridgehead atoms. The van der Waals surface area contributed by atoms with Crippen molar-refractivity contribution in [1.29, 1.82) is 0 Å². The van der Waals surface area contributed by atoms with Crippen LogP contribution in [0.1, 0.15) is 52.7 Å². The molecule has 1 aromatic heterocycles. The molecule has 0 amide bonds. The van der Waals surface area contributed by atoms with Crippen LogP contribution in [0, 0.1) is 11.6 Å². The molecule has 33 heavy (non-hydrogen) atoms. The number of nitrogens with zero attached hydrogens (tertiary/aromatic N) is 2. The number of carbonyl (C=O) groups is 1. The van der Waals surface area contributed by atoms with Crippen LogP contribution in [-0.4, -0.2) is 28.7 Å². The highest BCUT2D eigenvalue weighted by Crippen LogP contribution is 2.43. The average molecular weight is 454 g/mol. The minimum absolute atomic E-state index is 0.0764. The van der Waals surface area contributed by atoms with Crippen molar-refractivity contribution in [3.63, 3.8) is 0 Å². The molecule has 1 saturated heterocycles. The van der Waals surface area contributed by atoms with Crippen LogP contribution in [0.4, 0.5) is 20.2 Å². The molecular formula is C24H24F2N4O3. The summed E-state index contributed by atoms with van der Waals surface area (Å²) in [6, 6.07) is 7.71. The summed E-state index contributed by atoms with van der Waals surface area (Å²) in [4.78, 5) is 26.0. The monoisotopic (exact) mass is 454 g/mol. The Labute approximate surface area is 188 Å². The van der Waals surface area contributed by atoms with Crippen molar-refractivity contribution in [2.75, 3.05) is 23.7 Å². The van der Waals surface area contributed by atoms with E-state index in [1.165, 1.54) is 4.57 Å². The number of nitrogens with two attached hydrogens (primary N) is 2. The molecule has 2 aliphatic rings. The van der Waals surface area contributed by atoms with E-state index in [2.05, 4.69) is 0 Å². The van der Waals surface area contributed by atoms with Gasteiger partial charge in [0.1, 0.15) is 11.3 Å². The lowest BCUT2D eigenvalue weighted by atomic mass is 9.97. The Morgan fingerprint density at radius 1 is 1.12 bits per heavy atom. The fraction of sp³-hybridized carbons (Fsp3) is 0.333. The van der Waals surface area contributed by atoms with Crippen molar-refractivity contribution < 1.29 is 18.7 Å². The normalized spacial score (nSPS) is 18.3. The van der Waals surface area contributed by atoms with Crippen molar-refractivity contribution in [1.82, 2.24) is 4.57 Å². The number of benzene rings is 2. The molecule has 5 rings (SSSR count). The van der Waals surface area contributed by atoms with Crippen LogP contribution in [0.15, 0.2) is 35.3 Å². The first-order valence-electron chi connectivity index (χ1n) is 10.9. The van der Waals surface area contributed by atoms with Crippen molar-refractivity contribution >= 4 is 28.2 Å². The fourth-order valence-corrected chi connectivity index (χ4v) is 4.78. The van der Waals surface area contributed by atoms with Gasteiger partial charge in [-0.3, -0.25) is 4.79 Å². The summed E-state index contributed by atoms with van der Waals surface area (Å²) in [5.41, 5.74) is 11.3. The van der Waals surface area contributed by atoms with Gasteiger partial charge >= 0.3 is 5.97 Å². The zero-order chi connectivity index (χ0) is 23.4. The molecule has 1 saturated carbocycles. The molecule has 5 N–H and O–H groups in total. The third-order valence-electron chi connectivity index (χ3n) is 6.73. The molecule has 2 aromatic carbocycles. The Morgan fingerprint density at radius 3 is 2.42 bits per heavy atom. The van der Waals surface area contributed by atoms with Crippen molar-refractivity contribution in [3.05, 3.63) is 69.0 Å². The quantitative estimate of drug-likeness (QED) is 0.510. The van der Waals surface area contributed by atoms with E-state index in [0.29, 0.717) is 38.9 Å². The zero-order valence-corrected chi connectivity index (χ0v) is 17.9. The Balaban J connectivity index is 1.62. The minimum atomic E-state index is -1.45. The summed E-state index contributed by atoms with van der Waals surface area (Å²) in [5, 5.41) is 9.01. The maximum atomic E-state index is 15.9. The lowest BCUT2D eigenvalue weighted by molar-refractivity contribution is 0.0695. The van der Waals surface area contributed by atoms with Crippen LogP contribution in [0.2, 0.25) is 0 Å². The number of halogens is 2. The summed E-state index contributed by atoms with van der Waals surface area (Å²) < 4.78 is 32.7. The smallest absolute Gasteiger partial charge is 0.341 e. The van der Waals surface area contributed by atoms with Gasteiger partial charge in [-0.25, -0.2) is 13.6 Å². The number of hydrogen-bond donors (Lipinski definition) is 3. The van der Waals surface area contributed by atoms with E-state index in [-0.39, 0.29) is 23.2 Å². The summed E-state index contributed by atoms with van der Waals surface area (Å²) in [7, 11) is 0. The summed E-state index contributed by atoms with van der Waals surface area (Å²) in [6.07, 6.45) is 3.29. The second-order valence-corrected chi connectivity index (χ2v) is 8.81. The molecule has 2 heterocycles. The first kappa shape index (κ1) is 21.4. The number of hydrogen-bond acceptors (Lipinski definition) is 5. The third kappa shape index (κ3) is 3.43. The van der Waals surface area contributed by atoms with Crippen LogP contribution >= 0.6 is 0 Å². The van der Waals surface area contributed by atoms with Gasteiger partial charge in [0.05, 0.1) is 16.6 Å². The fourth-order valence-electron chi connectivity index (χ4n) is 4.78. The highest BCUT2D eigenvalue weighted by molar-refractivity contribution is 5.99. The Kier molecular flexibility index (Phi) is 5.08. The van der Waals surface area contributed by atoms with E-state index in [0.717, 1.165) is 17.3 Å². The second-order valence-electron chi connectivity index (χ2n) is 8.81. The molecule has 0 spiro atoms. The summed E-state index contributed by atoms with van der Waals surface area (Å²) in [6.45, 7) is 1.25. The SMILES string of the molecule is NCc1ccc(C2CCN(c3c(F)c(N)c4c(=O)c(C(=O)O)cn(C5CC5)c4c3F)C2)cc1. The predicted octanol–water partition coefficient (Wildman–Crippen LogP) is 3.35. The van der Waals surface area contributed by atoms with Gasteiger partial charge in [0, 0.05) is 37.8 Å². The zero-order valence-electron chi connectivity index (χ0n) is 17.9. The van der Waals surface area contributed by atoms with Crippen LogP contribution in [0.25, 0.3) is 10.9 Å². The van der Waals surface area contributed by atoms with Gasteiger partial charge in [0.25, 0.3) is 0 Å². The Morgan fingerprint density at radius 2 is 1.82 bits per heavy atom. The molecule has 7 nitrogen and oxygen atoms in total. The highest BCUT2D eigenvalue weighted by Gasteiger charge is 2.35. The number of carboxylic acid groups (broad SMARTS) is 1. The van der Waals surface area contributed by atoms with E-state index < -0.39 is 39.7 Å². The molecule has 0 radical (unpaired) electrons. The van der Waals surface area contributed by atoms with Crippen molar-refractivity contribution in [2.24, 2.45) is 5.73 Å². The number of nitrogen functional groups attached to an aromatic ring is 1. The number of fused-ring (bicyclic) bond motifs is 1. The van der Waals surface area contributed by atoms with Crippen molar-refractivity contribution in [2.45, 2.75) is 37.8 Å². The standard InChI is InChI=1S/C24H24F2N4O3/c25-18-20(28)17-21(30(15-5-6-15)11-16(23(17)31)24(32)33)19(26)22(18)29-8-7-14(10-29)13-3-1-12(9-27)2-4-13/h1-4,11,14-15H,5-10,27-28H2,(H,32,33). The lowest BCUT2D eigenvalue weighted by Gasteiger charge is -2.24. The second kappa shape index (κ2) is 7.84. The van der Waals surface area contributed by atoms with E-state index in [1.54, 1.807) is 4.90 Å². The molecule has 2 fully saturated rings. The molecule has 3 aromatic rings. The molecule has 1 atom stereocenters. The van der Waals surface area contributed by atoms with Gasteiger partial charge in [0.15, 0.2) is 11.6 Å². The van der Waals surface area contributed by atoms with Crippen molar-refractivity contribution in [3.8, 4) is 0 Å². The topological polar surface area (TPSA) is 115 Å². The number of anilines is 2. The van der Waals surface area contributed by atoms with Gasteiger partial charge in [-0.05, 0) is 30.4 Å². The molecule has 1 unspecified atom stereocenters. The number of aromatic carboxylic acids is 1. The average Bonchev–Trinajstić information content (AvgIpc) is 3.54. The third-order valence-corrected chi connectivity index (χ3v) is 6.73. The number of carboxylic acids is 1. The van der Waals surface area contributed by atoms with E-state index >= 15 is 8.78 Å². The Bertz CT molecular complexity index is 1330. The van der Waals surface area contributed by atoms with Crippen LogP contribution in [0.5, 0.6) is 0 Å². The number of pyridine rings is 1. The van der Waals surface area contributed by atoms with E-state index in [9.17, 15) is 14.7 Å². The maximum absolute atomic E-state index is 15.9. The molecular weight excluding hydrogens is 430 g/mol. The number of aromatic nitrogens is 1. The number of rotatable bonds is 5. The van der Waals surface area contributed by atoms with E-state index in [1.807, 2.05) is 24.3 Å². The van der Waals surface area contributed by atoms with Gasteiger partial charge in [-0.1, -0.05) is 24.3 Å². The Hall–Kier alpha value is -3.46. The van der Waals surface area contributed by atoms with Crippen LogP contribution < -0.4 is 21.8 Å². The predicted molar refractivity (Wildman–Crippen MR) is 122 cm³/mol. The van der Waals surface area contributed by atoms with Crippen LogP contribution in [0.3, 0.4) is 0 Å². The van der Waals surface area contributed by atoms with Gasteiger partial charge < -0.3 is 26.0 Å². The van der Waals surface area contributed by atoms with Crippen LogP contribution in [-0.2, 0) is 6.54 Å². The van der Waals surface area contributed by atoms with Gasteiger partial charge in [-0.2, -0.15) is 0 Å². The highest BCUT2D eigenvalue weighted by atomic mass is 19.1. The molecule has 1 aliphatic heterocycles. The molecule has 172 valence electrons. The summed E-state index contributed by atoms with van der Waals surface area (Å²) >= 11 is 0. The lowest BCUT2D eigenvalue weighted by Crippen LogP contribution is -2.26. The molecule has 9 heteroatoms. The first-order chi connectivity index (χ1) is 15.8. The minimum Gasteiger partial charge on any atom is -0.477 e. The molecule has 1 aliphatic carbocycles. The largest absolute Gasteiger partial charge is 0.477 e. The van der Waals surface area contributed by atoms with E-state index in [4.69, 9.17) is 11.5 Å². The van der Waals surface area contributed by atoms with Gasteiger partial charge in [-0.15, -0.1) is 0 Å². The first-order valence-corrected chi connectivity index (χ1v) is 10.9. The van der Waals surface area contributed by atoms with Gasteiger partial charge in [0.2, 0.25) is 5.43 Å². The summed E-state index contributed by atoms with van der Waals surface area (Å²) in [5.74, 6) is -3.28.